The zero-order valence-corrected chi connectivity index (χ0v) is 12.4. The number of amides is 1. The summed E-state index contributed by atoms with van der Waals surface area (Å²) in [5.41, 5.74) is 5.87. The van der Waals surface area contributed by atoms with Gasteiger partial charge in [-0.05, 0) is 37.3 Å². The first-order valence-corrected chi connectivity index (χ1v) is 7.33. The molecule has 1 aromatic carbocycles. The van der Waals surface area contributed by atoms with Gasteiger partial charge in [-0.2, -0.15) is 0 Å². The monoisotopic (exact) mass is 302 g/mol. The SMILES string of the molecule is CCN(C(=O)c1ccc(C#CCN)s1)c1cccc(F)c1. The number of nitrogens with two attached hydrogens (primary N) is 1. The molecule has 1 heterocycles. The van der Waals surface area contributed by atoms with Gasteiger partial charge in [0.05, 0.1) is 16.3 Å². The standard InChI is InChI=1S/C16H15FN2OS/c1-2-19(13-6-3-5-12(17)11-13)16(20)15-9-8-14(21-15)7-4-10-18/h3,5-6,8-9,11H,2,10,18H2,1H3. The Morgan fingerprint density at radius 2 is 2.19 bits per heavy atom. The van der Waals surface area contributed by atoms with Gasteiger partial charge in [-0.15, -0.1) is 11.3 Å². The van der Waals surface area contributed by atoms with Crippen LogP contribution in [0.4, 0.5) is 10.1 Å². The molecule has 0 spiro atoms. The molecule has 0 saturated heterocycles. The van der Waals surface area contributed by atoms with E-state index in [0.717, 1.165) is 4.88 Å². The average Bonchev–Trinajstić information content (AvgIpc) is 2.94. The molecule has 0 aliphatic carbocycles. The highest BCUT2D eigenvalue weighted by Gasteiger charge is 2.18. The molecule has 0 aliphatic heterocycles. The Kier molecular flexibility index (Phi) is 5.09. The maximum atomic E-state index is 13.3. The molecular weight excluding hydrogens is 287 g/mol. The van der Waals surface area contributed by atoms with Crippen molar-refractivity contribution in [2.45, 2.75) is 6.92 Å². The van der Waals surface area contributed by atoms with E-state index in [2.05, 4.69) is 11.8 Å². The van der Waals surface area contributed by atoms with Crippen molar-refractivity contribution in [1.82, 2.24) is 0 Å². The third-order valence-electron chi connectivity index (χ3n) is 2.81. The number of nitrogens with zero attached hydrogens (tertiary/aromatic N) is 1. The summed E-state index contributed by atoms with van der Waals surface area (Å²) < 4.78 is 13.3. The molecule has 2 N–H and O–H groups in total. The van der Waals surface area contributed by atoms with Crippen LogP contribution in [0.25, 0.3) is 0 Å². The molecule has 3 nitrogen and oxygen atoms in total. The summed E-state index contributed by atoms with van der Waals surface area (Å²) in [4.78, 5) is 15.4. The van der Waals surface area contributed by atoms with Crippen molar-refractivity contribution in [3.05, 3.63) is 52.0 Å². The van der Waals surface area contributed by atoms with E-state index in [1.165, 1.54) is 28.4 Å². The number of carbonyl (C=O) groups is 1. The number of rotatable bonds is 3. The fraction of sp³-hybridized carbons (Fsp3) is 0.188. The molecule has 2 rings (SSSR count). The van der Waals surface area contributed by atoms with Gasteiger partial charge in [0.1, 0.15) is 5.82 Å². The average molecular weight is 302 g/mol. The van der Waals surface area contributed by atoms with Gasteiger partial charge < -0.3 is 10.6 Å². The lowest BCUT2D eigenvalue weighted by Crippen LogP contribution is -2.29. The van der Waals surface area contributed by atoms with Crippen LogP contribution in [0.3, 0.4) is 0 Å². The molecule has 2 aromatic rings. The number of thiophene rings is 1. The predicted octanol–water partition coefficient (Wildman–Crippen LogP) is 2.86. The number of hydrogen-bond donors (Lipinski definition) is 1. The van der Waals surface area contributed by atoms with Gasteiger partial charge in [-0.3, -0.25) is 4.79 Å². The first-order chi connectivity index (χ1) is 10.2. The lowest BCUT2D eigenvalue weighted by molar-refractivity contribution is 0.0992. The molecule has 1 aromatic heterocycles. The number of anilines is 1. The minimum absolute atomic E-state index is 0.158. The smallest absolute Gasteiger partial charge is 0.268 e. The Balaban J connectivity index is 2.26. The highest BCUT2D eigenvalue weighted by molar-refractivity contribution is 7.14. The van der Waals surface area contributed by atoms with Crippen molar-refractivity contribution in [3.8, 4) is 11.8 Å². The summed E-state index contributed by atoms with van der Waals surface area (Å²) in [5, 5.41) is 0. The molecule has 0 bridgehead atoms. The van der Waals surface area contributed by atoms with Crippen LogP contribution in [0.5, 0.6) is 0 Å². The number of hydrogen-bond acceptors (Lipinski definition) is 3. The summed E-state index contributed by atoms with van der Waals surface area (Å²) >= 11 is 1.31. The maximum absolute atomic E-state index is 13.3. The summed E-state index contributed by atoms with van der Waals surface area (Å²) in [6.07, 6.45) is 0. The Morgan fingerprint density at radius 3 is 2.86 bits per heavy atom. The van der Waals surface area contributed by atoms with E-state index in [4.69, 9.17) is 5.73 Å². The van der Waals surface area contributed by atoms with E-state index in [-0.39, 0.29) is 18.3 Å². The van der Waals surface area contributed by atoms with E-state index in [9.17, 15) is 9.18 Å². The first-order valence-electron chi connectivity index (χ1n) is 6.52. The summed E-state index contributed by atoms with van der Waals surface area (Å²) in [6.45, 7) is 2.60. The van der Waals surface area contributed by atoms with Gasteiger partial charge in [0.15, 0.2) is 0 Å². The van der Waals surface area contributed by atoms with Gasteiger partial charge >= 0.3 is 0 Å². The third kappa shape index (κ3) is 3.69. The second-order valence-corrected chi connectivity index (χ2v) is 5.28. The van der Waals surface area contributed by atoms with Crippen LogP contribution in [0.15, 0.2) is 36.4 Å². The molecule has 0 unspecified atom stereocenters. The zero-order valence-electron chi connectivity index (χ0n) is 11.6. The summed E-state index contributed by atoms with van der Waals surface area (Å²) in [5.74, 6) is 5.13. The fourth-order valence-corrected chi connectivity index (χ4v) is 2.71. The van der Waals surface area contributed by atoms with Gasteiger partial charge in [0.2, 0.25) is 0 Å². The minimum atomic E-state index is -0.362. The van der Waals surface area contributed by atoms with Crippen molar-refractivity contribution >= 4 is 22.9 Å². The second kappa shape index (κ2) is 7.02. The van der Waals surface area contributed by atoms with E-state index >= 15 is 0 Å². The minimum Gasteiger partial charge on any atom is -0.320 e. The Morgan fingerprint density at radius 1 is 1.38 bits per heavy atom. The molecule has 0 saturated carbocycles. The van der Waals surface area contributed by atoms with Crippen LogP contribution in [-0.4, -0.2) is 19.0 Å². The fourth-order valence-electron chi connectivity index (χ4n) is 1.88. The number of halogens is 1. The van der Waals surface area contributed by atoms with Gasteiger partial charge in [-0.1, -0.05) is 17.9 Å². The van der Waals surface area contributed by atoms with Crippen LogP contribution < -0.4 is 10.6 Å². The maximum Gasteiger partial charge on any atom is 0.268 e. The number of benzene rings is 1. The van der Waals surface area contributed by atoms with Crippen molar-refractivity contribution in [2.24, 2.45) is 5.73 Å². The van der Waals surface area contributed by atoms with Gasteiger partial charge in [-0.25, -0.2) is 4.39 Å². The number of carbonyl (C=O) groups excluding carboxylic acids is 1. The quantitative estimate of drug-likeness (QED) is 0.886. The Bertz CT molecular complexity index is 700. The molecule has 108 valence electrons. The molecule has 0 radical (unpaired) electrons. The lowest BCUT2D eigenvalue weighted by Gasteiger charge is -2.20. The molecule has 5 heteroatoms. The third-order valence-corrected chi connectivity index (χ3v) is 3.80. The van der Waals surface area contributed by atoms with Crippen molar-refractivity contribution in [3.63, 3.8) is 0 Å². The van der Waals surface area contributed by atoms with E-state index in [0.29, 0.717) is 17.1 Å². The molecule has 0 atom stereocenters. The topological polar surface area (TPSA) is 46.3 Å². The molecule has 21 heavy (non-hydrogen) atoms. The van der Waals surface area contributed by atoms with Crippen LogP contribution in [0, 0.1) is 17.7 Å². The predicted molar refractivity (Wildman–Crippen MR) is 84.0 cm³/mol. The largest absolute Gasteiger partial charge is 0.320 e. The van der Waals surface area contributed by atoms with Crippen LogP contribution in [0.1, 0.15) is 21.5 Å². The van der Waals surface area contributed by atoms with Crippen LogP contribution in [-0.2, 0) is 0 Å². The van der Waals surface area contributed by atoms with Crippen LogP contribution >= 0.6 is 11.3 Å². The Hall–Kier alpha value is -2.16. The molecule has 1 amide bonds. The van der Waals surface area contributed by atoms with Gasteiger partial charge in [0, 0.05) is 12.2 Å². The first kappa shape index (κ1) is 15.2. The summed E-state index contributed by atoms with van der Waals surface area (Å²) in [7, 11) is 0. The lowest BCUT2D eigenvalue weighted by atomic mass is 10.2. The summed E-state index contributed by atoms with van der Waals surface area (Å²) in [6, 6.07) is 9.54. The van der Waals surface area contributed by atoms with E-state index in [1.54, 1.807) is 24.3 Å². The van der Waals surface area contributed by atoms with E-state index in [1.807, 2.05) is 6.92 Å². The molecule has 0 aliphatic rings. The van der Waals surface area contributed by atoms with Crippen molar-refractivity contribution in [1.29, 1.82) is 0 Å². The normalized spacial score (nSPS) is 9.86. The highest BCUT2D eigenvalue weighted by atomic mass is 32.1. The van der Waals surface area contributed by atoms with Crippen molar-refractivity contribution < 1.29 is 9.18 Å². The van der Waals surface area contributed by atoms with Crippen LogP contribution in [0.2, 0.25) is 0 Å². The molecular formula is C16H15FN2OS. The van der Waals surface area contributed by atoms with Crippen molar-refractivity contribution in [2.75, 3.05) is 18.0 Å². The second-order valence-electron chi connectivity index (χ2n) is 4.20. The van der Waals surface area contributed by atoms with E-state index < -0.39 is 0 Å². The highest BCUT2D eigenvalue weighted by Crippen LogP contribution is 2.22. The van der Waals surface area contributed by atoms with Gasteiger partial charge in [0.25, 0.3) is 5.91 Å². The Labute approximate surface area is 127 Å². The zero-order chi connectivity index (χ0) is 15.2. The molecule has 0 fully saturated rings.